The molecule has 8 heteroatoms. The monoisotopic (exact) mass is 304 g/mol. The first-order valence-electron chi connectivity index (χ1n) is 6.15. The lowest BCUT2D eigenvalue weighted by Crippen LogP contribution is -2.41. The first kappa shape index (κ1) is 16.8. The van der Waals surface area contributed by atoms with E-state index in [-0.39, 0.29) is 12.3 Å². The quantitative estimate of drug-likeness (QED) is 0.841. The van der Waals surface area contributed by atoms with Crippen LogP contribution in [0.4, 0.5) is 23.7 Å². The van der Waals surface area contributed by atoms with Gasteiger partial charge >= 0.3 is 18.2 Å². The van der Waals surface area contributed by atoms with Crippen molar-refractivity contribution in [2.45, 2.75) is 26.1 Å². The normalized spacial score (nSPS) is 12.4. The number of amides is 2. The fourth-order valence-corrected chi connectivity index (χ4v) is 1.46. The lowest BCUT2D eigenvalue weighted by atomic mass is 10.2. The van der Waals surface area contributed by atoms with Crippen molar-refractivity contribution in [2.24, 2.45) is 0 Å². The second-order valence-electron chi connectivity index (χ2n) is 4.15. The standard InChI is InChI=1S/C13H15F3N2O3/c1-3-21-11(19)8(2)17-12(20)18-10-6-4-5-9(7-10)13(14,15)16/h4-8H,3H2,1-2H3,(H2,17,18,20). The number of alkyl halides is 3. The fourth-order valence-electron chi connectivity index (χ4n) is 1.46. The molecular weight excluding hydrogens is 289 g/mol. The van der Waals surface area contributed by atoms with E-state index in [1.807, 2.05) is 0 Å². The second-order valence-corrected chi connectivity index (χ2v) is 4.15. The minimum Gasteiger partial charge on any atom is -0.464 e. The number of hydrogen-bond donors (Lipinski definition) is 2. The molecule has 116 valence electrons. The Morgan fingerprint density at radius 1 is 1.33 bits per heavy atom. The summed E-state index contributed by atoms with van der Waals surface area (Å²) in [6, 6.07) is 2.47. The second kappa shape index (κ2) is 6.96. The van der Waals surface area contributed by atoms with Gasteiger partial charge in [0.2, 0.25) is 0 Å². The lowest BCUT2D eigenvalue weighted by molar-refractivity contribution is -0.144. The number of nitrogens with one attached hydrogen (secondary N) is 2. The van der Waals surface area contributed by atoms with Crippen molar-refractivity contribution in [3.8, 4) is 0 Å². The summed E-state index contributed by atoms with van der Waals surface area (Å²) in [6.07, 6.45) is -4.49. The summed E-state index contributed by atoms with van der Waals surface area (Å²) in [7, 11) is 0. The molecule has 21 heavy (non-hydrogen) atoms. The van der Waals surface area contributed by atoms with E-state index < -0.39 is 29.8 Å². The summed E-state index contributed by atoms with van der Waals surface area (Å²) in [5.74, 6) is -0.628. The van der Waals surface area contributed by atoms with Crippen LogP contribution in [0.15, 0.2) is 24.3 Å². The molecule has 0 aromatic heterocycles. The molecule has 0 aliphatic rings. The molecule has 1 rings (SSSR count). The Bertz CT molecular complexity index is 518. The van der Waals surface area contributed by atoms with Gasteiger partial charge in [-0.3, -0.25) is 0 Å². The Hall–Kier alpha value is -2.25. The fraction of sp³-hybridized carbons (Fsp3) is 0.385. The van der Waals surface area contributed by atoms with Crippen LogP contribution in [0.1, 0.15) is 19.4 Å². The van der Waals surface area contributed by atoms with Crippen LogP contribution >= 0.6 is 0 Å². The van der Waals surface area contributed by atoms with E-state index >= 15 is 0 Å². The van der Waals surface area contributed by atoms with E-state index in [1.165, 1.54) is 19.1 Å². The average molecular weight is 304 g/mol. The molecule has 0 fully saturated rings. The van der Waals surface area contributed by atoms with Crippen LogP contribution < -0.4 is 10.6 Å². The molecule has 0 spiro atoms. The number of esters is 1. The molecule has 0 radical (unpaired) electrons. The highest BCUT2D eigenvalue weighted by Crippen LogP contribution is 2.30. The summed E-state index contributed by atoms with van der Waals surface area (Å²) in [6.45, 7) is 3.19. The Morgan fingerprint density at radius 2 is 2.00 bits per heavy atom. The van der Waals surface area contributed by atoms with Crippen LogP contribution in [-0.2, 0) is 15.7 Å². The predicted molar refractivity (Wildman–Crippen MR) is 69.7 cm³/mol. The number of benzene rings is 1. The molecule has 5 nitrogen and oxygen atoms in total. The Kier molecular flexibility index (Phi) is 5.57. The van der Waals surface area contributed by atoms with Gasteiger partial charge in [0, 0.05) is 5.69 Å². The van der Waals surface area contributed by atoms with Crippen molar-refractivity contribution in [1.29, 1.82) is 0 Å². The van der Waals surface area contributed by atoms with Crippen molar-refractivity contribution in [1.82, 2.24) is 5.32 Å². The van der Waals surface area contributed by atoms with Crippen LogP contribution in [0.25, 0.3) is 0 Å². The van der Waals surface area contributed by atoms with E-state index in [0.717, 1.165) is 12.1 Å². The minimum atomic E-state index is -4.49. The largest absolute Gasteiger partial charge is 0.464 e. The molecule has 0 bridgehead atoms. The zero-order valence-electron chi connectivity index (χ0n) is 11.5. The van der Waals surface area contributed by atoms with Crippen molar-refractivity contribution < 1.29 is 27.5 Å². The molecule has 1 aromatic rings. The van der Waals surface area contributed by atoms with Crippen molar-refractivity contribution in [3.05, 3.63) is 29.8 Å². The highest BCUT2D eigenvalue weighted by Gasteiger charge is 2.30. The van der Waals surface area contributed by atoms with Gasteiger partial charge in [-0.25, -0.2) is 9.59 Å². The predicted octanol–water partition coefficient (Wildman–Crippen LogP) is 2.78. The number of ether oxygens (including phenoxy) is 1. The molecule has 2 amide bonds. The van der Waals surface area contributed by atoms with E-state index in [0.29, 0.717) is 0 Å². The third-order valence-corrected chi connectivity index (χ3v) is 2.44. The molecule has 1 aromatic carbocycles. The maximum absolute atomic E-state index is 12.5. The zero-order chi connectivity index (χ0) is 16.0. The van der Waals surface area contributed by atoms with Gasteiger partial charge in [-0.05, 0) is 32.0 Å². The van der Waals surface area contributed by atoms with E-state index in [1.54, 1.807) is 6.92 Å². The van der Waals surface area contributed by atoms with Crippen LogP contribution in [0.3, 0.4) is 0 Å². The molecule has 0 heterocycles. The van der Waals surface area contributed by atoms with Crippen LogP contribution in [-0.4, -0.2) is 24.6 Å². The maximum atomic E-state index is 12.5. The first-order valence-corrected chi connectivity index (χ1v) is 6.15. The topological polar surface area (TPSA) is 67.4 Å². The van der Waals surface area contributed by atoms with Crippen LogP contribution in [0, 0.1) is 0 Å². The third kappa shape index (κ3) is 5.33. The number of carbonyl (C=O) groups excluding carboxylic acids is 2. The SMILES string of the molecule is CCOC(=O)C(C)NC(=O)Nc1cccc(C(F)(F)F)c1. The Balaban J connectivity index is 2.65. The summed E-state index contributed by atoms with van der Waals surface area (Å²) >= 11 is 0. The maximum Gasteiger partial charge on any atom is 0.416 e. The molecular formula is C13H15F3N2O3. The smallest absolute Gasteiger partial charge is 0.416 e. The van der Waals surface area contributed by atoms with E-state index in [2.05, 4.69) is 15.4 Å². The summed E-state index contributed by atoms with van der Waals surface area (Å²) in [5.41, 5.74) is -0.905. The van der Waals surface area contributed by atoms with Gasteiger partial charge in [-0.1, -0.05) is 6.07 Å². The third-order valence-electron chi connectivity index (χ3n) is 2.44. The average Bonchev–Trinajstić information content (AvgIpc) is 2.38. The number of hydrogen-bond acceptors (Lipinski definition) is 3. The first-order chi connectivity index (χ1) is 9.74. The Labute approximate surface area is 119 Å². The van der Waals surface area contributed by atoms with Gasteiger partial charge in [0.15, 0.2) is 0 Å². The van der Waals surface area contributed by atoms with Crippen molar-refractivity contribution in [3.63, 3.8) is 0 Å². The zero-order valence-corrected chi connectivity index (χ0v) is 11.5. The number of rotatable bonds is 4. The van der Waals surface area contributed by atoms with Gasteiger partial charge < -0.3 is 15.4 Å². The van der Waals surface area contributed by atoms with Gasteiger partial charge in [-0.2, -0.15) is 13.2 Å². The van der Waals surface area contributed by atoms with Crippen LogP contribution in [0.2, 0.25) is 0 Å². The molecule has 0 aliphatic heterocycles. The highest BCUT2D eigenvalue weighted by molar-refractivity contribution is 5.92. The summed E-state index contributed by atoms with van der Waals surface area (Å²) < 4.78 is 42.2. The van der Waals surface area contributed by atoms with Crippen molar-refractivity contribution in [2.75, 3.05) is 11.9 Å². The van der Waals surface area contributed by atoms with Gasteiger partial charge in [0.05, 0.1) is 12.2 Å². The number of urea groups is 1. The number of carbonyl (C=O) groups is 2. The van der Waals surface area contributed by atoms with Gasteiger partial charge in [0.1, 0.15) is 6.04 Å². The van der Waals surface area contributed by atoms with E-state index in [4.69, 9.17) is 0 Å². The molecule has 0 saturated carbocycles. The number of halogens is 3. The molecule has 2 N–H and O–H groups in total. The van der Waals surface area contributed by atoms with Crippen molar-refractivity contribution >= 4 is 17.7 Å². The molecule has 1 unspecified atom stereocenters. The van der Waals surface area contributed by atoms with E-state index in [9.17, 15) is 22.8 Å². The summed E-state index contributed by atoms with van der Waals surface area (Å²) in [5, 5.41) is 4.49. The van der Waals surface area contributed by atoms with Gasteiger partial charge in [0.25, 0.3) is 0 Å². The molecule has 0 saturated heterocycles. The molecule has 1 atom stereocenters. The molecule has 0 aliphatic carbocycles. The van der Waals surface area contributed by atoms with Gasteiger partial charge in [-0.15, -0.1) is 0 Å². The number of anilines is 1. The summed E-state index contributed by atoms with van der Waals surface area (Å²) in [4.78, 5) is 22.9. The lowest BCUT2D eigenvalue weighted by Gasteiger charge is -2.14. The van der Waals surface area contributed by atoms with Crippen LogP contribution in [0.5, 0.6) is 0 Å². The minimum absolute atomic E-state index is 0.0293. The Morgan fingerprint density at radius 3 is 2.57 bits per heavy atom. The highest BCUT2D eigenvalue weighted by atomic mass is 19.4.